The van der Waals surface area contributed by atoms with Crippen LogP contribution in [0.25, 0.3) is 11.0 Å². The summed E-state index contributed by atoms with van der Waals surface area (Å²) >= 11 is 0. The summed E-state index contributed by atoms with van der Waals surface area (Å²) in [6, 6.07) is 8.19. The predicted octanol–water partition coefficient (Wildman–Crippen LogP) is 3.55. The molecule has 0 saturated carbocycles. The predicted molar refractivity (Wildman–Crippen MR) is 127 cm³/mol. The van der Waals surface area contributed by atoms with Gasteiger partial charge in [0.2, 0.25) is 5.91 Å². The van der Waals surface area contributed by atoms with Gasteiger partial charge >= 0.3 is 0 Å². The van der Waals surface area contributed by atoms with Crippen molar-refractivity contribution in [3.63, 3.8) is 0 Å². The van der Waals surface area contributed by atoms with Crippen LogP contribution in [0.1, 0.15) is 37.4 Å². The first-order valence-electron chi connectivity index (χ1n) is 10.4. The number of hydrogen-bond acceptors (Lipinski definition) is 5. The van der Waals surface area contributed by atoms with Crippen molar-refractivity contribution in [2.75, 3.05) is 13.1 Å². The third kappa shape index (κ3) is 6.38. The number of nitrogens with zero attached hydrogens (tertiary/aromatic N) is 4. The number of hydrogen-bond donors (Lipinski definition) is 2. The number of carbonyl (C=O) groups excluding carboxylic acids is 1. The Bertz CT molecular complexity index is 951. The largest absolute Gasteiger partial charge is 0.353 e. The van der Waals surface area contributed by atoms with Crippen molar-refractivity contribution in [3.8, 4) is 0 Å². The second-order valence-electron chi connectivity index (χ2n) is 7.80. The highest BCUT2D eigenvalue weighted by Crippen LogP contribution is 2.23. The number of aryl methyl sites for hydroxylation is 1. The number of H-pyrrole nitrogens is 1. The first-order chi connectivity index (χ1) is 14.2. The molecule has 1 amide bonds. The van der Waals surface area contributed by atoms with Crippen LogP contribution in [0.5, 0.6) is 0 Å². The van der Waals surface area contributed by atoms with Gasteiger partial charge in [0, 0.05) is 56.1 Å². The molecule has 3 aromatic rings. The van der Waals surface area contributed by atoms with Crippen molar-refractivity contribution in [1.82, 2.24) is 30.4 Å². The molecule has 1 aliphatic heterocycles. The summed E-state index contributed by atoms with van der Waals surface area (Å²) in [4.78, 5) is 23.3. The highest BCUT2D eigenvalue weighted by atomic mass is 35.5. The van der Waals surface area contributed by atoms with E-state index in [2.05, 4.69) is 43.4 Å². The number of aromatic amines is 1. The number of halogens is 2. The van der Waals surface area contributed by atoms with E-state index < -0.39 is 0 Å². The van der Waals surface area contributed by atoms with E-state index in [4.69, 9.17) is 0 Å². The maximum atomic E-state index is 12.5. The van der Waals surface area contributed by atoms with Gasteiger partial charge < -0.3 is 5.32 Å². The van der Waals surface area contributed by atoms with Gasteiger partial charge in [-0.2, -0.15) is 5.10 Å². The van der Waals surface area contributed by atoms with Gasteiger partial charge in [0.25, 0.3) is 0 Å². The van der Waals surface area contributed by atoms with Crippen LogP contribution in [-0.4, -0.2) is 50.1 Å². The molecule has 4 rings (SSSR count). The molecular formula is C22H30Cl2N6O. The lowest BCUT2D eigenvalue weighted by molar-refractivity contribution is -0.122. The van der Waals surface area contributed by atoms with E-state index >= 15 is 0 Å². The molecule has 0 aliphatic carbocycles. The number of amides is 1. The number of rotatable bonds is 7. The third-order valence-corrected chi connectivity index (χ3v) is 5.84. The van der Waals surface area contributed by atoms with Crippen molar-refractivity contribution in [2.45, 2.75) is 45.2 Å². The average molecular weight is 465 g/mol. The Morgan fingerprint density at radius 2 is 2.10 bits per heavy atom. The van der Waals surface area contributed by atoms with Gasteiger partial charge in [-0.3, -0.25) is 19.8 Å². The van der Waals surface area contributed by atoms with Gasteiger partial charge in [-0.15, -0.1) is 24.8 Å². The zero-order chi connectivity index (χ0) is 20.1. The molecule has 0 aromatic carbocycles. The van der Waals surface area contributed by atoms with Gasteiger partial charge in [0.05, 0.1) is 5.69 Å². The normalized spacial score (nSPS) is 18.7. The van der Waals surface area contributed by atoms with Crippen LogP contribution in [0.3, 0.4) is 0 Å². The van der Waals surface area contributed by atoms with Crippen molar-refractivity contribution in [1.29, 1.82) is 0 Å². The zero-order valence-corrected chi connectivity index (χ0v) is 19.3. The molecule has 7 nitrogen and oxygen atoms in total. The number of piperidine rings is 1. The highest BCUT2D eigenvalue weighted by Gasteiger charge is 2.29. The minimum Gasteiger partial charge on any atom is -0.353 e. The monoisotopic (exact) mass is 464 g/mol. The zero-order valence-electron chi connectivity index (χ0n) is 17.7. The Kier molecular flexibility index (Phi) is 9.68. The summed E-state index contributed by atoms with van der Waals surface area (Å²) in [5.74, 6) is 0.592. The number of nitrogens with one attached hydrogen (secondary N) is 2. The summed E-state index contributed by atoms with van der Waals surface area (Å²) < 4.78 is 0. The van der Waals surface area contributed by atoms with E-state index in [0.29, 0.717) is 12.3 Å². The maximum Gasteiger partial charge on any atom is 0.220 e. The van der Waals surface area contributed by atoms with Gasteiger partial charge in [-0.1, -0.05) is 19.4 Å². The molecule has 0 radical (unpaired) electrons. The van der Waals surface area contributed by atoms with Crippen molar-refractivity contribution >= 4 is 41.8 Å². The number of aromatic nitrogens is 4. The summed E-state index contributed by atoms with van der Waals surface area (Å²) in [6.45, 7) is 4.98. The number of fused-ring (bicyclic) bond motifs is 1. The molecule has 168 valence electrons. The molecule has 3 aromatic heterocycles. The van der Waals surface area contributed by atoms with Crippen molar-refractivity contribution < 1.29 is 4.79 Å². The Hall–Kier alpha value is -2.22. The molecule has 4 heterocycles. The third-order valence-electron chi connectivity index (χ3n) is 5.84. The van der Waals surface area contributed by atoms with E-state index in [-0.39, 0.29) is 36.8 Å². The molecule has 0 unspecified atom stereocenters. The molecule has 1 saturated heterocycles. The molecule has 9 heteroatoms. The summed E-state index contributed by atoms with van der Waals surface area (Å²) in [5, 5.41) is 11.8. The van der Waals surface area contributed by atoms with E-state index in [1.54, 1.807) is 12.4 Å². The second kappa shape index (κ2) is 12.0. The quantitative estimate of drug-likeness (QED) is 0.558. The highest BCUT2D eigenvalue weighted by molar-refractivity contribution is 5.85. The van der Waals surface area contributed by atoms with E-state index in [9.17, 15) is 4.79 Å². The van der Waals surface area contributed by atoms with Gasteiger partial charge in [0.1, 0.15) is 0 Å². The van der Waals surface area contributed by atoms with Crippen molar-refractivity contribution in [2.24, 2.45) is 5.92 Å². The average Bonchev–Trinajstić information content (AvgIpc) is 3.17. The molecule has 0 spiro atoms. The minimum absolute atomic E-state index is 0. The lowest BCUT2D eigenvalue weighted by Gasteiger charge is -2.38. The minimum atomic E-state index is 0. The fourth-order valence-electron chi connectivity index (χ4n) is 4.18. The van der Waals surface area contributed by atoms with Crippen LogP contribution >= 0.6 is 24.8 Å². The number of pyridine rings is 2. The van der Waals surface area contributed by atoms with Crippen LogP contribution in [0.2, 0.25) is 0 Å². The number of carbonyl (C=O) groups is 1. The van der Waals surface area contributed by atoms with Crippen LogP contribution in [0, 0.1) is 5.92 Å². The lowest BCUT2D eigenvalue weighted by Crippen LogP contribution is -2.50. The molecule has 1 fully saturated rings. The Morgan fingerprint density at radius 1 is 1.26 bits per heavy atom. The van der Waals surface area contributed by atoms with E-state index in [0.717, 1.165) is 61.2 Å². The van der Waals surface area contributed by atoms with Crippen LogP contribution < -0.4 is 5.32 Å². The molecule has 2 N–H and O–H groups in total. The molecule has 31 heavy (non-hydrogen) atoms. The van der Waals surface area contributed by atoms with Crippen LogP contribution in [0.4, 0.5) is 0 Å². The fourth-order valence-corrected chi connectivity index (χ4v) is 4.18. The van der Waals surface area contributed by atoms with Crippen LogP contribution in [-0.2, 0) is 17.8 Å². The Morgan fingerprint density at radius 3 is 2.87 bits per heavy atom. The fraction of sp³-hybridized carbons (Fsp3) is 0.455. The van der Waals surface area contributed by atoms with Crippen molar-refractivity contribution in [3.05, 3.63) is 54.1 Å². The first-order valence-corrected chi connectivity index (χ1v) is 10.4. The molecular weight excluding hydrogens is 435 g/mol. The van der Waals surface area contributed by atoms with E-state index in [1.165, 1.54) is 0 Å². The first kappa shape index (κ1) is 25.0. The summed E-state index contributed by atoms with van der Waals surface area (Å²) in [6.07, 6.45) is 8.62. The number of likely N-dealkylation sites (tertiary alicyclic amines) is 1. The maximum absolute atomic E-state index is 12.5. The lowest BCUT2D eigenvalue weighted by atomic mass is 9.89. The van der Waals surface area contributed by atoms with Gasteiger partial charge in [-0.05, 0) is 42.5 Å². The van der Waals surface area contributed by atoms with Gasteiger partial charge in [-0.25, -0.2) is 4.98 Å². The summed E-state index contributed by atoms with van der Waals surface area (Å²) in [5.41, 5.74) is 2.98. The molecule has 1 aliphatic rings. The SMILES string of the molecule is CC[C@@H]1CN(Cc2[nH]nc3ncccc23)CC[C@@H]1NC(=O)CCc1cccnc1.Cl.Cl. The molecule has 0 bridgehead atoms. The van der Waals surface area contributed by atoms with Gasteiger partial charge in [0.15, 0.2) is 5.65 Å². The van der Waals surface area contributed by atoms with E-state index in [1.807, 2.05) is 24.4 Å². The standard InChI is InChI=1S/C22H28N6O.2ClH/c1-2-17-14-28(15-20-18-6-4-11-24-22(18)27-26-20)12-9-19(17)25-21(29)8-7-16-5-3-10-23-13-16;;/h3-6,10-11,13,17,19H,2,7-9,12,14-15H2,1H3,(H,25,29)(H,24,26,27);2*1H/t17-,19+;;/m1../s1. The Balaban J connectivity index is 0.00000171. The smallest absolute Gasteiger partial charge is 0.220 e. The molecule has 2 atom stereocenters. The topological polar surface area (TPSA) is 86.8 Å². The Labute approximate surface area is 195 Å². The summed E-state index contributed by atoms with van der Waals surface area (Å²) in [7, 11) is 0. The van der Waals surface area contributed by atoms with Crippen LogP contribution in [0.15, 0.2) is 42.9 Å². The second-order valence-corrected chi connectivity index (χ2v) is 7.80.